The molecule has 1 aromatic rings. The highest BCUT2D eigenvalue weighted by Gasteiger charge is 2.32. The molecule has 2 rings (SSSR count). The SMILES string of the molecule is CSCC[C@H](NC(N)=O)C(=O)N1CCN(S(=O)(=O)c2ccc(C(C)C)cc2)CC1. The highest BCUT2D eigenvalue weighted by Crippen LogP contribution is 2.21. The van der Waals surface area contributed by atoms with Gasteiger partial charge in [0.2, 0.25) is 15.9 Å². The zero-order chi connectivity index (χ0) is 21.6. The number of rotatable bonds is 8. The summed E-state index contributed by atoms with van der Waals surface area (Å²) < 4.78 is 27.2. The van der Waals surface area contributed by atoms with Crippen molar-refractivity contribution in [3.63, 3.8) is 0 Å². The predicted octanol–water partition coefficient (Wildman–Crippen LogP) is 1.43. The third-order valence-corrected chi connectivity index (χ3v) is 7.52. The number of carbonyl (C=O) groups is 2. The number of hydrogen-bond acceptors (Lipinski definition) is 5. The molecule has 8 nitrogen and oxygen atoms in total. The number of nitrogens with zero attached hydrogens (tertiary/aromatic N) is 2. The molecule has 0 aliphatic carbocycles. The second-order valence-corrected chi connectivity index (χ2v) is 10.2. The van der Waals surface area contributed by atoms with Crippen molar-refractivity contribution in [2.24, 2.45) is 5.73 Å². The summed E-state index contributed by atoms with van der Waals surface area (Å²) in [5.74, 6) is 0.808. The fraction of sp³-hybridized carbons (Fsp3) is 0.579. The number of urea groups is 1. The standard InChI is InChI=1S/C19H30N4O4S2/c1-14(2)15-4-6-16(7-5-15)29(26,27)23-11-9-22(10-12-23)18(24)17(8-13-28-3)21-19(20)25/h4-7,14,17H,8-13H2,1-3H3,(H3,20,21,25)/t17-/m0/s1. The number of thioether (sulfide) groups is 1. The maximum absolute atomic E-state index is 12.9. The summed E-state index contributed by atoms with van der Waals surface area (Å²) in [5.41, 5.74) is 6.27. The summed E-state index contributed by atoms with van der Waals surface area (Å²) >= 11 is 1.57. The molecule has 1 heterocycles. The van der Waals surface area contributed by atoms with Crippen LogP contribution in [0.4, 0.5) is 4.79 Å². The van der Waals surface area contributed by atoms with Gasteiger partial charge in [-0.2, -0.15) is 16.1 Å². The van der Waals surface area contributed by atoms with E-state index in [1.165, 1.54) is 4.31 Å². The number of nitrogens with one attached hydrogen (secondary N) is 1. The highest BCUT2D eigenvalue weighted by molar-refractivity contribution is 7.98. The van der Waals surface area contributed by atoms with E-state index < -0.39 is 22.1 Å². The number of benzene rings is 1. The smallest absolute Gasteiger partial charge is 0.312 e. The Morgan fingerprint density at radius 1 is 1.14 bits per heavy atom. The van der Waals surface area contributed by atoms with Crippen LogP contribution in [-0.4, -0.2) is 73.8 Å². The normalized spacial score (nSPS) is 16.6. The predicted molar refractivity (Wildman–Crippen MR) is 115 cm³/mol. The molecule has 3 N–H and O–H groups in total. The molecule has 0 radical (unpaired) electrons. The van der Waals surface area contributed by atoms with Crippen LogP contribution in [-0.2, 0) is 14.8 Å². The van der Waals surface area contributed by atoms with Gasteiger partial charge in [-0.3, -0.25) is 4.79 Å². The molecule has 3 amide bonds. The van der Waals surface area contributed by atoms with Crippen molar-refractivity contribution in [1.82, 2.24) is 14.5 Å². The molecule has 10 heteroatoms. The third kappa shape index (κ3) is 6.10. The van der Waals surface area contributed by atoms with E-state index in [0.29, 0.717) is 18.1 Å². The summed E-state index contributed by atoms with van der Waals surface area (Å²) in [6, 6.07) is 5.52. The number of primary amides is 1. The van der Waals surface area contributed by atoms with Crippen molar-refractivity contribution in [3.8, 4) is 0 Å². The second-order valence-electron chi connectivity index (χ2n) is 7.30. The number of amides is 3. The zero-order valence-electron chi connectivity index (χ0n) is 17.1. The topological polar surface area (TPSA) is 113 Å². The molecule has 0 spiro atoms. The van der Waals surface area contributed by atoms with Gasteiger partial charge in [0.05, 0.1) is 4.90 Å². The third-order valence-electron chi connectivity index (χ3n) is 4.96. The first-order valence-electron chi connectivity index (χ1n) is 9.60. The molecule has 0 saturated carbocycles. The molecule has 1 aromatic carbocycles. The lowest BCUT2D eigenvalue weighted by atomic mass is 10.0. The minimum absolute atomic E-state index is 0.214. The molecule has 1 aliphatic rings. The van der Waals surface area contributed by atoms with Crippen LogP contribution in [0.3, 0.4) is 0 Å². The summed E-state index contributed by atoms with van der Waals surface area (Å²) in [5, 5.41) is 2.50. The largest absolute Gasteiger partial charge is 0.352 e. The first kappa shape index (κ1) is 23.5. The Morgan fingerprint density at radius 2 is 1.72 bits per heavy atom. The van der Waals surface area contributed by atoms with E-state index in [1.807, 2.05) is 18.4 Å². The van der Waals surface area contributed by atoms with Crippen LogP contribution >= 0.6 is 11.8 Å². The monoisotopic (exact) mass is 442 g/mol. The molecule has 1 aliphatic heterocycles. The van der Waals surface area contributed by atoms with Crippen molar-refractivity contribution in [2.45, 2.75) is 37.1 Å². The van der Waals surface area contributed by atoms with Crippen molar-refractivity contribution >= 4 is 33.7 Å². The van der Waals surface area contributed by atoms with E-state index in [4.69, 9.17) is 5.73 Å². The first-order valence-corrected chi connectivity index (χ1v) is 12.4. The van der Waals surface area contributed by atoms with Crippen molar-refractivity contribution in [2.75, 3.05) is 38.2 Å². The van der Waals surface area contributed by atoms with E-state index in [1.54, 1.807) is 28.8 Å². The van der Waals surface area contributed by atoms with E-state index >= 15 is 0 Å². The van der Waals surface area contributed by atoms with Crippen molar-refractivity contribution < 1.29 is 18.0 Å². The summed E-state index contributed by atoms with van der Waals surface area (Å²) in [6.45, 7) is 5.09. The minimum Gasteiger partial charge on any atom is -0.352 e. The molecule has 0 aromatic heterocycles. The minimum atomic E-state index is -3.60. The van der Waals surface area contributed by atoms with Gasteiger partial charge in [-0.05, 0) is 42.0 Å². The fourth-order valence-corrected chi connectivity index (χ4v) is 5.10. The van der Waals surface area contributed by atoms with E-state index in [2.05, 4.69) is 19.2 Å². The molecule has 29 heavy (non-hydrogen) atoms. The quantitative estimate of drug-likeness (QED) is 0.632. The lowest BCUT2D eigenvalue weighted by Crippen LogP contribution is -2.56. The number of carbonyl (C=O) groups excluding carboxylic acids is 2. The van der Waals surface area contributed by atoms with E-state index in [9.17, 15) is 18.0 Å². The van der Waals surface area contributed by atoms with Crippen LogP contribution in [0.1, 0.15) is 31.7 Å². The van der Waals surface area contributed by atoms with Crippen LogP contribution < -0.4 is 11.1 Å². The summed E-state index contributed by atoms with van der Waals surface area (Å²) in [7, 11) is -3.60. The highest BCUT2D eigenvalue weighted by atomic mass is 32.2. The van der Waals surface area contributed by atoms with Gasteiger partial charge in [0, 0.05) is 26.2 Å². The number of piperazine rings is 1. The van der Waals surface area contributed by atoms with Crippen LogP contribution in [0.5, 0.6) is 0 Å². The zero-order valence-corrected chi connectivity index (χ0v) is 18.8. The van der Waals surface area contributed by atoms with Gasteiger partial charge < -0.3 is 16.0 Å². The molecule has 1 fully saturated rings. The van der Waals surface area contributed by atoms with Crippen molar-refractivity contribution in [1.29, 1.82) is 0 Å². The molecular formula is C19H30N4O4S2. The average molecular weight is 443 g/mol. The summed E-state index contributed by atoms with van der Waals surface area (Å²) in [6.07, 6.45) is 2.40. The Kier molecular flexibility index (Phi) is 8.35. The van der Waals surface area contributed by atoms with Crippen LogP contribution in [0.2, 0.25) is 0 Å². The van der Waals surface area contributed by atoms with Crippen LogP contribution in [0.15, 0.2) is 29.2 Å². The number of hydrogen-bond donors (Lipinski definition) is 2. The van der Waals surface area contributed by atoms with Gasteiger partial charge >= 0.3 is 6.03 Å². The van der Waals surface area contributed by atoms with E-state index in [-0.39, 0.29) is 37.0 Å². The molecule has 0 bridgehead atoms. The lowest BCUT2D eigenvalue weighted by molar-refractivity contribution is -0.134. The first-order chi connectivity index (χ1) is 13.7. The molecule has 0 unspecified atom stereocenters. The van der Waals surface area contributed by atoms with Crippen LogP contribution in [0.25, 0.3) is 0 Å². The molecule has 162 valence electrons. The Balaban J connectivity index is 2.02. The summed E-state index contributed by atoms with van der Waals surface area (Å²) in [4.78, 5) is 25.8. The fourth-order valence-electron chi connectivity index (χ4n) is 3.21. The number of nitrogens with two attached hydrogens (primary N) is 1. The Hall–Kier alpha value is -1.78. The lowest BCUT2D eigenvalue weighted by Gasteiger charge is -2.35. The van der Waals surface area contributed by atoms with Gasteiger partial charge in [-0.1, -0.05) is 26.0 Å². The number of sulfonamides is 1. The maximum Gasteiger partial charge on any atom is 0.312 e. The molecule has 1 atom stereocenters. The Labute approximate surface area is 177 Å². The van der Waals surface area contributed by atoms with Crippen molar-refractivity contribution in [3.05, 3.63) is 29.8 Å². The van der Waals surface area contributed by atoms with Gasteiger partial charge in [0.25, 0.3) is 0 Å². The second kappa shape index (κ2) is 10.3. The average Bonchev–Trinajstić information content (AvgIpc) is 2.70. The molecular weight excluding hydrogens is 412 g/mol. The Bertz CT molecular complexity index is 804. The van der Waals surface area contributed by atoms with Gasteiger partial charge in [0.1, 0.15) is 6.04 Å². The van der Waals surface area contributed by atoms with Crippen LogP contribution in [0, 0.1) is 0 Å². The Morgan fingerprint density at radius 3 is 2.21 bits per heavy atom. The van der Waals surface area contributed by atoms with Gasteiger partial charge in [0.15, 0.2) is 0 Å². The molecule has 1 saturated heterocycles. The van der Waals surface area contributed by atoms with Gasteiger partial charge in [-0.25, -0.2) is 13.2 Å². The van der Waals surface area contributed by atoms with E-state index in [0.717, 1.165) is 5.56 Å². The maximum atomic E-state index is 12.9. The van der Waals surface area contributed by atoms with Gasteiger partial charge in [-0.15, -0.1) is 0 Å².